The Balaban J connectivity index is 2.03. The standard InChI is InChI=1S/C21H19ClN2O2/c1-14-12-24(13-15-3-6-17(22)7-4-15)20-11-16(5-8-18(14)20)19(9-10-23)21(25)26-2/h3-8,11-12,19H,9,13H2,1-2H3. The van der Waals surface area contributed by atoms with Crippen LogP contribution in [0.4, 0.5) is 0 Å². The second-order valence-electron chi connectivity index (χ2n) is 6.28. The van der Waals surface area contributed by atoms with Crippen molar-refractivity contribution in [3.8, 4) is 6.07 Å². The van der Waals surface area contributed by atoms with E-state index in [1.807, 2.05) is 42.5 Å². The van der Waals surface area contributed by atoms with Gasteiger partial charge in [-0.05, 0) is 41.8 Å². The molecule has 0 saturated carbocycles. The third kappa shape index (κ3) is 3.58. The molecule has 3 rings (SSSR count). The molecular formula is C21H19ClN2O2. The molecule has 132 valence electrons. The number of nitriles is 1. The van der Waals surface area contributed by atoms with Crippen molar-refractivity contribution in [3.05, 3.63) is 70.4 Å². The molecule has 0 aliphatic heterocycles. The van der Waals surface area contributed by atoms with Gasteiger partial charge >= 0.3 is 5.97 Å². The minimum Gasteiger partial charge on any atom is -0.469 e. The van der Waals surface area contributed by atoms with Gasteiger partial charge in [-0.25, -0.2) is 0 Å². The van der Waals surface area contributed by atoms with Crippen molar-refractivity contribution in [2.45, 2.75) is 25.8 Å². The number of carbonyl (C=O) groups excluding carboxylic acids is 1. The van der Waals surface area contributed by atoms with E-state index in [0.29, 0.717) is 11.6 Å². The van der Waals surface area contributed by atoms with E-state index in [-0.39, 0.29) is 6.42 Å². The van der Waals surface area contributed by atoms with Crippen molar-refractivity contribution in [2.24, 2.45) is 0 Å². The average Bonchev–Trinajstić information content (AvgIpc) is 2.96. The molecule has 0 bridgehead atoms. The van der Waals surface area contributed by atoms with E-state index in [2.05, 4.69) is 23.8 Å². The molecule has 26 heavy (non-hydrogen) atoms. The van der Waals surface area contributed by atoms with Crippen molar-refractivity contribution in [2.75, 3.05) is 7.11 Å². The fourth-order valence-corrected chi connectivity index (χ4v) is 3.32. The molecular weight excluding hydrogens is 348 g/mol. The predicted molar refractivity (Wildman–Crippen MR) is 102 cm³/mol. The van der Waals surface area contributed by atoms with Crippen molar-refractivity contribution in [3.63, 3.8) is 0 Å². The minimum absolute atomic E-state index is 0.0923. The Hall–Kier alpha value is -2.77. The summed E-state index contributed by atoms with van der Waals surface area (Å²) >= 11 is 5.97. The molecule has 3 aromatic rings. The number of aromatic nitrogens is 1. The molecule has 1 heterocycles. The number of ether oxygens (including phenoxy) is 1. The molecule has 0 N–H and O–H groups in total. The maximum absolute atomic E-state index is 12.1. The van der Waals surface area contributed by atoms with E-state index in [4.69, 9.17) is 21.6 Å². The van der Waals surface area contributed by atoms with E-state index < -0.39 is 11.9 Å². The zero-order valence-corrected chi connectivity index (χ0v) is 15.5. The van der Waals surface area contributed by atoms with Crippen molar-refractivity contribution in [1.82, 2.24) is 4.57 Å². The first-order valence-electron chi connectivity index (χ1n) is 8.32. The maximum Gasteiger partial charge on any atom is 0.314 e. The van der Waals surface area contributed by atoms with Crippen LogP contribution in [0.2, 0.25) is 5.02 Å². The van der Waals surface area contributed by atoms with Gasteiger partial charge < -0.3 is 9.30 Å². The zero-order valence-electron chi connectivity index (χ0n) is 14.7. The quantitative estimate of drug-likeness (QED) is 0.608. The average molecular weight is 367 g/mol. The van der Waals surface area contributed by atoms with Crippen molar-refractivity contribution >= 4 is 28.5 Å². The number of aryl methyl sites for hydroxylation is 1. The van der Waals surface area contributed by atoms with E-state index in [1.165, 1.54) is 7.11 Å². The van der Waals surface area contributed by atoms with Crippen LogP contribution in [-0.4, -0.2) is 17.6 Å². The number of fused-ring (bicyclic) bond motifs is 1. The second-order valence-corrected chi connectivity index (χ2v) is 6.72. The Labute approximate surface area is 157 Å². The molecule has 0 radical (unpaired) electrons. The van der Waals surface area contributed by atoms with Crippen LogP contribution < -0.4 is 0 Å². The Kier molecular flexibility index (Phi) is 5.29. The lowest BCUT2D eigenvalue weighted by molar-refractivity contribution is -0.142. The molecule has 0 spiro atoms. The molecule has 0 aliphatic carbocycles. The number of hydrogen-bond donors (Lipinski definition) is 0. The van der Waals surface area contributed by atoms with Gasteiger partial charge in [0.15, 0.2) is 0 Å². The van der Waals surface area contributed by atoms with E-state index in [1.54, 1.807) is 0 Å². The summed E-state index contributed by atoms with van der Waals surface area (Å²) in [6, 6.07) is 15.7. The topological polar surface area (TPSA) is 55.0 Å². The van der Waals surface area contributed by atoms with Gasteiger partial charge in [-0.15, -0.1) is 0 Å². The number of carbonyl (C=O) groups is 1. The van der Waals surface area contributed by atoms with Crippen molar-refractivity contribution < 1.29 is 9.53 Å². The summed E-state index contributed by atoms with van der Waals surface area (Å²) in [5.74, 6) is -0.966. The number of rotatable bonds is 5. The number of halogens is 1. The number of esters is 1. The van der Waals surface area contributed by atoms with Gasteiger partial charge in [0.05, 0.1) is 25.5 Å². The van der Waals surface area contributed by atoms with Crippen LogP contribution >= 0.6 is 11.6 Å². The fourth-order valence-electron chi connectivity index (χ4n) is 3.20. The highest BCUT2D eigenvalue weighted by atomic mass is 35.5. The lowest BCUT2D eigenvalue weighted by Crippen LogP contribution is -2.14. The third-order valence-electron chi connectivity index (χ3n) is 4.56. The van der Waals surface area contributed by atoms with Crippen LogP contribution in [0.1, 0.15) is 29.0 Å². The number of hydrogen-bond acceptors (Lipinski definition) is 3. The van der Waals surface area contributed by atoms with Crippen LogP contribution in [0, 0.1) is 18.3 Å². The molecule has 4 nitrogen and oxygen atoms in total. The first-order valence-corrected chi connectivity index (χ1v) is 8.70. The highest BCUT2D eigenvalue weighted by Crippen LogP contribution is 2.28. The third-order valence-corrected chi connectivity index (χ3v) is 4.81. The summed E-state index contributed by atoms with van der Waals surface area (Å²) in [7, 11) is 1.35. The van der Waals surface area contributed by atoms with Crippen molar-refractivity contribution in [1.29, 1.82) is 5.26 Å². The number of benzene rings is 2. The Morgan fingerprint density at radius 3 is 2.65 bits per heavy atom. The van der Waals surface area contributed by atoms with Gasteiger partial charge in [0, 0.05) is 28.7 Å². The number of methoxy groups -OCH3 is 1. The predicted octanol–water partition coefficient (Wildman–Crippen LogP) is 4.82. The highest BCUT2D eigenvalue weighted by Gasteiger charge is 2.22. The molecule has 1 aromatic heterocycles. The first-order chi connectivity index (χ1) is 12.5. The smallest absolute Gasteiger partial charge is 0.314 e. The molecule has 0 fully saturated rings. The SMILES string of the molecule is COC(=O)C(CC#N)c1ccc2c(C)cn(Cc3ccc(Cl)cc3)c2c1. The minimum atomic E-state index is -0.575. The van der Waals surface area contributed by atoms with Gasteiger partial charge in [0.25, 0.3) is 0 Å². The highest BCUT2D eigenvalue weighted by molar-refractivity contribution is 6.30. The summed E-state index contributed by atoms with van der Waals surface area (Å²) in [4.78, 5) is 12.1. The molecule has 1 unspecified atom stereocenters. The van der Waals surface area contributed by atoms with E-state index in [9.17, 15) is 4.79 Å². The van der Waals surface area contributed by atoms with Crippen LogP contribution in [0.5, 0.6) is 0 Å². The molecule has 5 heteroatoms. The fraction of sp³-hybridized carbons (Fsp3) is 0.238. The molecule has 1 atom stereocenters. The Bertz CT molecular complexity index is 984. The Morgan fingerprint density at radius 2 is 2.00 bits per heavy atom. The second kappa shape index (κ2) is 7.63. The molecule has 0 amide bonds. The van der Waals surface area contributed by atoms with Crippen LogP contribution in [0.25, 0.3) is 10.9 Å². The van der Waals surface area contributed by atoms with Gasteiger partial charge in [-0.3, -0.25) is 4.79 Å². The largest absolute Gasteiger partial charge is 0.469 e. The summed E-state index contributed by atoms with van der Waals surface area (Å²) < 4.78 is 7.02. The molecule has 0 aliphatic rings. The lowest BCUT2D eigenvalue weighted by atomic mass is 9.95. The van der Waals surface area contributed by atoms with Gasteiger partial charge in [0.2, 0.25) is 0 Å². The summed E-state index contributed by atoms with van der Waals surface area (Å²) in [6.45, 7) is 2.76. The van der Waals surface area contributed by atoms with Crippen LogP contribution in [0.3, 0.4) is 0 Å². The van der Waals surface area contributed by atoms with Crippen LogP contribution in [0.15, 0.2) is 48.7 Å². The maximum atomic E-state index is 12.1. The zero-order chi connectivity index (χ0) is 18.7. The normalized spacial score (nSPS) is 11.9. The summed E-state index contributed by atoms with van der Waals surface area (Å²) in [5, 5.41) is 10.9. The van der Waals surface area contributed by atoms with Crippen LogP contribution in [-0.2, 0) is 16.1 Å². The molecule has 0 saturated heterocycles. The van der Waals surface area contributed by atoms with Gasteiger partial charge in [-0.1, -0.05) is 35.9 Å². The lowest BCUT2D eigenvalue weighted by Gasteiger charge is -2.13. The van der Waals surface area contributed by atoms with Gasteiger partial charge in [0.1, 0.15) is 0 Å². The van der Waals surface area contributed by atoms with Gasteiger partial charge in [-0.2, -0.15) is 5.26 Å². The monoisotopic (exact) mass is 366 g/mol. The summed E-state index contributed by atoms with van der Waals surface area (Å²) in [5.41, 5.74) is 4.12. The first kappa shape index (κ1) is 18.0. The number of nitrogens with zero attached hydrogens (tertiary/aromatic N) is 2. The van der Waals surface area contributed by atoms with E-state index >= 15 is 0 Å². The Morgan fingerprint density at radius 1 is 1.27 bits per heavy atom. The van der Waals surface area contributed by atoms with E-state index in [0.717, 1.165) is 27.6 Å². The summed E-state index contributed by atoms with van der Waals surface area (Å²) in [6.07, 6.45) is 2.19. The molecule has 2 aromatic carbocycles.